The monoisotopic (exact) mass is 781 g/mol. The van der Waals surface area contributed by atoms with Gasteiger partial charge in [0.1, 0.15) is 16.2 Å². The van der Waals surface area contributed by atoms with Gasteiger partial charge in [0, 0.05) is 11.6 Å². The molecule has 0 aliphatic carbocycles. The van der Waals surface area contributed by atoms with E-state index < -0.39 is 69.6 Å². The number of esters is 2. The zero-order valence-electron chi connectivity index (χ0n) is 30.9. The van der Waals surface area contributed by atoms with Crippen molar-refractivity contribution in [1.29, 1.82) is 0 Å². The SMILES string of the molecule is CCOC(=O)C(C(=O)OCC)c1cc(-c2nnc(N(C[C@@H](Cc3ccc(C(F)(F)F)cc3)NC(=O)OC(C)(C)C)C(=O)OC(C)(C)C)s2)ccc1[N+](=O)[O-]. The highest BCUT2D eigenvalue weighted by molar-refractivity contribution is 7.18. The highest BCUT2D eigenvalue weighted by atomic mass is 32.1. The maximum atomic E-state index is 13.7. The molecule has 2 amide bonds. The van der Waals surface area contributed by atoms with Gasteiger partial charge >= 0.3 is 30.3 Å². The molecule has 1 N–H and O–H groups in total. The molecule has 1 atom stereocenters. The molecule has 19 heteroatoms. The third-order valence-corrected chi connectivity index (χ3v) is 7.97. The topological polar surface area (TPSA) is 189 Å². The minimum Gasteiger partial charge on any atom is -0.465 e. The molecule has 54 heavy (non-hydrogen) atoms. The Bertz CT molecular complexity index is 1800. The van der Waals surface area contributed by atoms with Gasteiger partial charge in [0.25, 0.3) is 5.69 Å². The predicted molar refractivity (Wildman–Crippen MR) is 190 cm³/mol. The van der Waals surface area contributed by atoms with Gasteiger partial charge in [-0.25, -0.2) is 14.5 Å². The lowest BCUT2D eigenvalue weighted by Crippen LogP contribution is -2.49. The third-order valence-electron chi connectivity index (χ3n) is 6.97. The standard InChI is InChI=1S/C35H42F3N5O10S/c1-9-50-28(44)26(29(45)51-10-2)24-18-21(13-16-25(24)43(48)49)27-40-41-30(54-27)42(32(47)53-34(6,7)8)19-23(39-31(46)52-33(3,4)5)17-20-11-14-22(15-12-20)35(36,37)38/h11-16,18,23,26H,9-10,17,19H2,1-8H3,(H,39,46)/t23-/m1/s1. The molecule has 294 valence electrons. The number of amides is 2. The second-order valence-electron chi connectivity index (χ2n) is 13.7. The first kappa shape index (κ1) is 43.1. The summed E-state index contributed by atoms with van der Waals surface area (Å²) in [6.07, 6.45) is -6.41. The number of aromatic nitrogens is 2. The molecular weight excluding hydrogens is 739 g/mol. The lowest BCUT2D eigenvalue weighted by atomic mass is 9.95. The summed E-state index contributed by atoms with van der Waals surface area (Å²) in [5, 5.41) is 23.0. The molecule has 0 spiro atoms. The average molecular weight is 782 g/mol. The lowest BCUT2D eigenvalue weighted by molar-refractivity contribution is -0.385. The van der Waals surface area contributed by atoms with Crippen molar-refractivity contribution < 1.29 is 56.2 Å². The van der Waals surface area contributed by atoms with E-state index in [1.54, 1.807) is 41.5 Å². The van der Waals surface area contributed by atoms with Crippen LogP contribution < -0.4 is 10.2 Å². The highest BCUT2D eigenvalue weighted by Crippen LogP contribution is 2.36. The van der Waals surface area contributed by atoms with Gasteiger partial charge in [0.15, 0.2) is 5.92 Å². The quantitative estimate of drug-likeness (QED) is 0.0604. The first-order valence-electron chi connectivity index (χ1n) is 16.6. The molecule has 0 bridgehead atoms. The summed E-state index contributed by atoms with van der Waals surface area (Å²) < 4.78 is 60.9. The number of alkyl carbamates (subject to hydrolysis) is 1. The van der Waals surface area contributed by atoms with E-state index in [9.17, 15) is 42.5 Å². The van der Waals surface area contributed by atoms with Gasteiger partial charge in [0.05, 0.1) is 41.9 Å². The lowest BCUT2D eigenvalue weighted by Gasteiger charge is -2.29. The summed E-state index contributed by atoms with van der Waals surface area (Å²) in [5.74, 6) is -3.94. The smallest absolute Gasteiger partial charge is 0.416 e. The van der Waals surface area contributed by atoms with Crippen molar-refractivity contribution >= 4 is 46.3 Å². The van der Waals surface area contributed by atoms with Crippen molar-refractivity contribution in [3.8, 4) is 10.6 Å². The van der Waals surface area contributed by atoms with Crippen LogP contribution in [0.4, 0.5) is 33.6 Å². The van der Waals surface area contributed by atoms with E-state index in [4.69, 9.17) is 18.9 Å². The summed E-state index contributed by atoms with van der Waals surface area (Å²) in [6, 6.07) is 6.92. The number of nitrogens with zero attached hydrogens (tertiary/aromatic N) is 4. The first-order valence-corrected chi connectivity index (χ1v) is 17.5. The van der Waals surface area contributed by atoms with Crippen LogP contribution in [0.3, 0.4) is 0 Å². The van der Waals surface area contributed by atoms with Crippen LogP contribution in [0, 0.1) is 10.1 Å². The molecule has 0 saturated heterocycles. The number of nitro benzene ring substituents is 1. The van der Waals surface area contributed by atoms with Crippen LogP contribution in [0.5, 0.6) is 0 Å². The number of benzene rings is 2. The zero-order chi connectivity index (χ0) is 40.6. The third kappa shape index (κ3) is 12.4. The molecule has 0 fully saturated rings. The van der Waals surface area contributed by atoms with E-state index >= 15 is 0 Å². The van der Waals surface area contributed by atoms with Gasteiger partial charge in [-0.1, -0.05) is 23.5 Å². The molecule has 1 heterocycles. The molecule has 0 unspecified atom stereocenters. The van der Waals surface area contributed by atoms with Crippen molar-refractivity contribution in [3.63, 3.8) is 0 Å². The second kappa shape index (κ2) is 17.7. The normalized spacial score (nSPS) is 12.4. The van der Waals surface area contributed by atoms with Gasteiger partial charge in [-0.3, -0.25) is 19.7 Å². The number of nitro groups is 1. The van der Waals surface area contributed by atoms with Crippen LogP contribution in [0.1, 0.15) is 78.0 Å². The number of nitrogens with one attached hydrogen (secondary N) is 1. The van der Waals surface area contributed by atoms with Gasteiger partial charge in [-0.15, -0.1) is 10.2 Å². The molecule has 2 aromatic carbocycles. The molecular formula is C35H42F3N5O10S. The van der Waals surface area contributed by atoms with Gasteiger partial charge in [-0.05, 0) is 91.6 Å². The number of carbonyl (C=O) groups excluding carboxylic acids is 4. The number of carbonyl (C=O) groups is 4. The van der Waals surface area contributed by atoms with Crippen LogP contribution >= 0.6 is 11.3 Å². The van der Waals surface area contributed by atoms with E-state index in [0.29, 0.717) is 5.56 Å². The maximum absolute atomic E-state index is 13.7. The molecule has 0 radical (unpaired) electrons. The Morgan fingerprint density at radius 1 is 0.889 bits per heavy atom. The summed E-state index contributed by atoms with van der Waals surface area (Å²) in [4.78, 5) is 64.7. The van der Waals surface area contributed by atoms with Gasteiger partial charge in [0.2, 0.25) is 5.13 Å². The Kier molecular flexibility index (Phi) is 14.1. The first-order chi connectivity index (χ1) is 25.0. The van der Waals surface area contributed by atoms with E-state index in [0.717, 1.165) is 34.4 Å². The average Bonchev–Trinajstić information content (AvgIpc) is 3.52. The van der Waals surface area contributed by atoms with Crippen molar-refractivity contribution in [2.75, 3.05) is 24.7 Å². The highest BCUT2D eigenvalue weighted by Gasteiger charge is 2.38. The van der Waals surface area contributed by atoms with Crippen LogP contribution in [-0.2, 0) is 41.1 Å². The number of hydrogen-bond donors (Lipinski definition) is 1. The number of alkyl halides is 3. The Morgan fingerprint density at radius 3 is 1.96 bits per heavy atom. The van der Waals surface area contributed by atoms with Crippen molar-refractivity contribution in [1.82, 2.24) is 15.5 Å². The predicted octanol–water partition coefficient (Wildman–Crippen LogP) is 7.22. The summed E-state index contributed by atoms with van der Waals surface area (Å²) in [7, 11) is 0. The van der Waals surface area contributed by atoms with Crippen molar-refractivity contribution in [2.45, 2.75) is 91.1 Å². The summed E-state index contributed by atoms with van der Waals surface area (Å²) in [6.45, 7) is 12.2. The molecule has 0 saturated carbocycles. The molecule has 3 rings (SSSR count). The maximum Gasteiger partial charge on any atom is 0.416 e. The van der Waals surface area contributed by atoms with Crippen LogP contribution in [0.2, 0.25) is 0 Å². The van der Waals surface area contributed by atoms with E-state index in [-0.39, 0.29) is 47.4 Å². The molecule has 3 aromatic rings. The Morgan fingerprint density at radius 2 is 1.46 bits per heavy atom. The number of hydrogen-bond acceptors (Lipinski definition) is 13. The number of ether oxygens (including phenoxy) is 4. The molecule has 0 aliphatic heterocycles. The molecule has 15 nitrogen and oxygen atoms in total. The van der Waals surface area contributed by atoms with E-state index in [1.165, 1.54) is 38.1 Å². The fourth-order valence-electron chi connectivity index (χ4n) is 4.85. The van der Waals surface area contributed by atoms with Crippen LogP contribution in [0.25, 0.3) is 10.6 Å². The second-order valence-corrected chi connectivity index (χ2v) is 14.6. The summed E-state index contributed by atoms with van der Waals surface area (Å²) >= 11 is 0.834. The fourth-order valence-corrected chi connectivity index (χ4v) is 5.69. The van der Waals surface area contributed by atoms with Gasteiger partial charge in [-0.2, -0.15) is 13.2 Å². The zero-order valence-corrected chi connectivity index (χ0v) is 31.8. The Labute approximate surface area is 313 Å². The Hall–Kier alpha value is -5.33. The molecule has 1 aromatic heterocycles. The van der Waals surface area contributed by atoms with E-state index in [2.05, 4.69) is 15.5 Å². The summed E-state index contributed by atoms with van der Waals surface area (Å²) in [5.41, 5.74) is -3.11. The largest absolute Gasteiger partial charge is 0.465 e. The van der Waals surface area contributed by atoms with Crippen molar-refractivity contribution in [3.05, 3.63) is 69.3 Å². The fraction of sp³-hybridized carbons (Fsp3) is 0.486. The van der Waals surface area contributed by atoms with Crippen LogP contribution in [-0.4, -0.2) is 76.2 Å². The van der Waals surface area contributed by atoms with Crippen molar-refractivity contribution in [2.24, 2.45) is 0 Å². The van der Waals surface area contributed by atoms with Crippen LogP contribution in [0.15, 0.2) is 42.5 Å². The number of halogens is 3. The number of anilines is 1. The number of rotatable bonds is 13. The molecule has 0 aliphatic rings. The van der Waals surface area contributed by atoms with E-state index in [1.807, 2.05) is 0 Å². The minimum atomic E-state index is -4.57. The Balaban J connectivity index is 2.11. The minimum absolute atomic E-state index is 0.0584. The van der Waals surface area contributed by atoms with Gasteiger partial charge < -0.3 is 24.3 Å².